The number of carbonyl (C=O) groups is 7. The summed E-state index contributed by atoms with van der Waals surface area (Å²) in [6, 6.07) is 26.3. The highest BCUT2D eigenvalue weighted by Crippen LogP contribution is 2.58. The number of aliphatic hydroxyl groups excluding tert-OH is 1. The summed E-state index contributed by atoms with van der Waals surface area (Å²) < 4.78 is 31.7. The number of nitrogens with one attached hydrogen (secondary N) is 3. The Kier molecular flexibility index (Phi) is 19.3. The molecule has 2 aliphatic carbocycles. The molecular formula is C75H87N11O13. The Morgan fingerprint density at radius 1 is 0.667 bits per heavy atom. The van der Waals surface area contributed by atoms with E-state index < -0.39 is 42.3 Å². The minimum Gasteiger partial charge on any atom is -0.493 e. The first-order valence-corrected chi connectivity index (χ1v) is 34.7. The fourth-order valence-electron chi connectivity index (χ4n) is 14.5. The molecule has 0 radical (unpaired) electrons. The molecule has 2 saturated carbocycles. The number of ether oxygens (including phenoxy) is 5. The lowest BCUT2D eigenvalue weighted by Gasteiger charge is -2.31. The molecule has 5 aromatic carbocycles. The third kappa shape index (κ3) is 14.0. The van der Waals surface area contributed by atoms with Crippen molar-refractivity contribution in [3.63, 3.8) is 0 Å². The first-order chi connectivity index (χ1) is 47.7. The minimum absolute atomic E-state index is 0.00877. The van der Waals surface area contributed by atoms with Crippen molar-refractivity contribution >= 4 is 70.5 Å². The Morgan fingerprint density at radius 2 is 1.31 bits per heavy atom. The molecule has 4 fully saturated rings. The Morgan fingerprint density at radius 3 is 2.01 bits per heavy atom. The van der Waals surface area contributed by atoms with Crippen LogP contribution >= 0.6 is 0 Å². The number of hydrogen-bond acceptors (Lipinski definition) is 16. The average molecular weight is 1350 g/mol. The normalized spacial score (nSPS) is 19.2. The summed E-state index contributed by atoms with van der Waals surface area (Å²) in [5.74, 6) is -0.676. The number of anilines is 3. The van der Waals surface area contributed by atoms with Crippen LogP contribution in [-0.2, 0) is 37.1 Å². The fourth-order valence-corrected chi connectivity index (χ4v) is 14.5. The summed E-state index contributed by atoms with van der Waals surface area (Å²) >= 11 is 0. The zero-order valence-corrected chi connectivity index (χ0v) is 57.2. The highest BCUT2D eigenvalue weighted by Gasteiger charge is 2.58. The lowest BCUT2D eigenvalue weighted by molar-refractivity contribution is -0.131. The largest absolute Gasteiger partial charge is 0.493 e. The summed E-state index contributed by atoms with van der Waals surface area (Å²) in [7, 11) is 3.03. The van der Waals surface area contributed by atoms with Crippen LogP contribution in [0.2, 0.25) is 0 Å². The summed E-state index contributed by atoms with van der Waals surface area (Å²) in [6.07, 6.45) is 8.24. The Hall–Kier alpha value is -9.84. The van der Waals surface area contributed by atoms with Crippen molar-refractivity contribution in [1.82, 2.24) is 35.4 Å². The van der Waals surface area contributed by atoms with Gasteiger partial charge in [0.2, 0.25) is 23.6 Å². The fraction of sp³-hybridized carbons (Fsp3) is 0.467. The maximum absolute atomic E-state index is 14.5. The van der Waals surface area contributed by atoms with Gasteiger partial charge in [0.15, 0.2) is 29.2 Å². The van der Waals surface area contributed by atoms with Gasteiger partial charge < -0.3 is 59.4 Å². The Bertz CT molecular complexity index is 4140. The van der Waals surface area contributed by atoms with Gasteiger partial charge in [0.05, 0.1) is 79.9 Å². The van der Waals surface area contributed by atoms with Gasteiger partial charge in [-0.2, -0.15) is 0 Å². The number of unbranched alkanes of at least 4 members (excludes halogenated alkanes) is 3. The van der Waals surface area contributed by atoms with E-state index in [1.165, 1.54) is 7.11 Å². The molecule has 2 saturated heterocycles. The quantitative estimate of drug-likeness (QED) is 0.0410. The zero-order chi connectivity index (χ0) is 69.4. The molecule has 5 atom stereocenters. The first-order valence-electron chi connectivity index (χ1n) is 34.7. The minimum atomic E-state index is -1.45. The van der Waals surface area contributed by atoms with Crippen LogP contribution in [0.25, 0.3) is 22.5 Å². The van der Waals surface area contributed by atoms with E-state index in [9.17, 15) is 38.7 Å². The zero-order valence-electron chi connectivity index (χ0n) is 57.2. The van der Waals surface area contributed by atoms with Crippen molar-refractivity contribution < 1.29 is 62.4 Å². The number of para-hydroxylation sites is 1. The van der Waals surface area contributed by atoms with E-state index in [1.54, 1.807) is 86.2 Å². The van der Waals surface area contributed by atoms with Crippen molar-refractivity contribution in [2.24, 2.45) is 21.7 Å². The number of nitrogens with zero attached hydrogens (tertiary/aromatic N) is 8. The lowest BCUT2D eigenvalue weighted by atomic mass is 9.95. The van der Waals surface area contributed by atoms with Gasteiger partial charge in [0.1, 0.15) is 24.4 Å². The summed E-state index contributed by atoms with van der Waals surface area (Å²) in [6.45, 7) is 11.2. The first kappa shape index (κ1) is 67.7. The smallest absolute Gasteiger partial charge is 0.416 e. The van der Waals surface area contributed by atoms with Crippen LogP contribution in [0.5, 0.6) is 23.0 Å². The Labute approximate surface area is 575 Å². The Balaban J connectivity index is 0.581. The van der Waals surface area contributed by atoms with Gasteiger partial charge in [-0.1, -0.05) is 73.7 Å². The molecule has 2 spiro atoms. The molecule has 6 heterocycles. The van der Waals surface area contributed by atoms with Crippen LogP contribution in [0.4, 0.5) is 27.5 Å². The van der Waals surface area contributed by atoms with Crippen LogP contribution in [0.3, 0.4) is 0 Å². The van der Waals surface area contributed by atoms with Crippen molar-refractivity contribution in [1.29, 1.82) is 0 Å². The van der Waals surface area contributed by atoms with E-state index in [2.05, 4.69) is 26.3 Å². The van der Waals surface area contributed by atoms with E-state index in [4.69, 9.17) is 28.7 Å². The van der Waals surface area contributed by atoms with E-state index >= 15 is 0 Å². The van der Waals surface area contributed by atoms with Gasteiger partial charge in [0.25, 0.3) is 11.8 Å². The molecule has 0 bridgehead atoms. The van der Waals surface area contributed by atoms with E-state index in [0.717, 1.165) is 77.3 Å². The third-order valence-electron chi connectivity index (χ3n) is 20.5. The molecule has 24 heteroatoms. The number of amides is 7. The second kappa shape index (κ2) is 28.2. The monoisotopic (exact) mass is 1350 g/mol. The van der Waals surface area contributed by atoms with Crippen LogP contribution in [0, 0.1) is 16.7 Å². The molecule has 7 amide bonds. The highest BCUT2D eigenvalue weighted by molar-refractivity contribution is 6.07. The molecule has 0 unspecified atom stereocenters. The maximum Gasteiger partial charge on any atom is 0.416 e. The van der Waals surface area contributed by atoms with E-state index in [1.807, 2.05) is 78.2 Å². The van der Waals surface area contributed by atoms with Crippen molar-refractivity contribution in [3.8, 4) is 45.5 Å². The van der Waals surface area contributed by atoms with Gasteiger partial charge in [-0.15, -0.1) is 5.10 Å². The van der Waals surface area contributed by atoms with Crippen molar-refractivity contribution in [2.45, 2.75) is 168 Å². The molecule has 7 aliphatic rings. The maximum atomic E-state index is 14.5. The topological polar surface area (TPSA) is 278 Å². The molecule has 1 aromatic heterocycles. The molecule has 6 aromatic rings. The molecule has 520 valence electrons. The number of hydrogen-bond donors (Lipinski definition) is 4. The lowest BCUT2D eigenvalue weighted by Crippen LogP contribution is -2.53. The highest BCUT2D eigenvalue weighted by atomic mass is 16.6. The van der Waals surface area contributed by atoms with Gasteiger partial charge in [-0.25, -0.2) is 14.4 Å². The molecule has 4 N–H and O–H groups in total. The number of benzene rings is 5. The number of fused-ring (bicyclic) bond motifs is 9. The predicted molar refractivity (Wildman–Crippen MR) is 370 cm³/mol. The molecular weight excluding hydrogens is 1260 g/mol. The number of rotatable bonds is 24. The third-order valence-corrected chi connectivity index (χ3v) is 20.5. The molecule has 13 rings (SSSR count). The number of aliphatic imine (C=N–C) groups is 1. The number of carbonyl (C=O) groups excluding carboxylic acids is 7. The van der Waals surface area contributed by atoms with Crippen LogP contribution in [0.15, 0.2) is 102 Å². The summed E-state index contributed by atoms with van der Waals surface area (Å²) in [4.78, 5) is 109. The molecule has 99 heavy (non-hydrogen) atoms. The van der Waals surface area contributed by atoms with Crippen molar-refractivity contribution in [2.75, 3.05) is 55.6 Å². The van der Waals surface area contributed by atoms with Gasteiger partial charge in [-0.05, 0) is 150 Å². The van der Waals surface area contributed by atoms with Crippen LogP contribution in [-0.4, -0.2) is 149 Å². The molecule has 24 nitrogen and oxygen atoms in total. The number of aliphatic hydroxyl groups is 1. The van der Waals surface area contributed by atoms with Crippen molar-refractivity contribution in [3.05, 3.63) is 119 Å². The SMILES string of the molecule is COc1cc2c(cc1OCCCCCOc1cc3c(cc1OC)C(=O)N1CC4(CC4)C[C@H]1[C@H](O)N3C(=O)OCc1ccc(NC(=O)[C@H](C)NC(=O)[C@@H](NC(=O)CCCCC(=O)N3Cc4ccccc4-c4nnn(C(C)C)c4-c4ccccc43)C(C)C)cc1)N=C[C@@H]1CC3(CC3)CN1C2=O. The predicted octanol–water partition coefficient (Wildman–Crippen LogP) is 10.7. The van der Waals surface area contributed by atoms with Gasteiger partial charge in [-0.3, -0.25) is 33.8 Å². The molecule has 5 aliphatic heterocycles. The summed E-state index contributed by atoms with van der Waals surface area (Å²) in [5.41, 5.74) is 7.50. The van der Waals surface area contributed by atoms with Crippen LogP contribution < -0.4 is 44.7 Å². The average Bonchev–Trinajstić information content (AvgIpc) is 1.59. The summed E-state index contributed by atoms with van der Waals surface area (Å²) in [5, 5.41) is 29.7. The standard InChI is InChI=1S/C75H87N11O13/c1-44(2)65(79-63(87)21-13-14-22-64(88)82-40-48-17-9-10-18-51(48)66-67(86(45(3)4)81-80-66)52-19-11-12-20-56(52)82)69(90)77-46(5)68(89)78-49-25-23-47(24-26-49)41-99-73(94)85-57-36-62(60(96-7)34-54(57)71(92)84-43-75(29-30-75)38-58(84)72(85)93)98-32-16-8-15-31-97-61-35-55-53(33-59(61)95-6)70(91)83-42-74(27-28-74)37-50(83)39-76-55/h9-12,17-20,23-26,33-36,39,44-46,50,58,65,72,93H,8,13-16,21-22,27-32,37-38,40-43H2,1-7H3,(H,77,90)(H,78,89)(H,79,87)/t46-,50-,58-,65-,72-/m0/s1. The second-order valence-electron chi connectivity index (χ2n) is 28.2. The number of methoxy groups -OCH3 is 2. The van der Waals surface area contributed by atoms with E-state index in [0.29, 0.717) is 92.2 Å². The van der Waals surface area contributed by atoms with Gasteiger partial charge in [0, 0.05) is 67.1 Å². The van der Waals surface area contributed by atoms with E-state index in [-0.39, 0.29) is 101 Å². The van der Waals surface area contributed by atoms with Crippen LogP contribution in [0.1, 0.15) is 156 Å². The van der Waals surface area contributed by atoms with Gasteiger partial charge >= 0.3 is 6.09 Å². The number of aromatic nitrogens is 3. The second-order valence-corrected chi connectivity index (χ2v) is 28.2.